The molecular formula is C20H32F2IN3O3. The summed E-state index contributed by atoms with van der Waals surface area (Å²) in [7, 11) is 1.70. The van der Waals surface area contributed by atoms with Gasteiger partial charge in [0.05, 0.1) is 12.6 Å². The summed E-state index contributed by atoms with van der Waals surface area (Å²) in [5.41, 5.74) is 0. The topological polar surface area (TPSA) is 55.3 Å². The molecule has 0 spiro atoms. The number of ether oxygens (including phenoxy) is 3. The van der Waals surface area contributed by atoms with Gasteiger partial charge in [-0.25, -0.2) is 13.8 Å². The maximum Gasteiger partial charge on any atom is 0.194 e. The Morgan fingerprint density at radius 3 is 2.59 bits per heavy atom. The van der Waals surface area contributed by atoms with Gasteiger partial charge < -0.3 is 24.4 Å². The zero-order valence-corrected chi connectivity index (χ0v) is 19.5. The number of guanidine groups is 1. The summed E-state index contributed by atoms with van der Waals surface area (Å²) in [6, 6.07) is 3.51. The van der Waals surface area contributed by atoms with E-state index in [2.05, 4.69) is 15.2 Å². The van der Waals surface area contributed by atoms with Gasteiger partial charge in [0.2, 0.25) is 0 Å². The normalized spacial score (nSPS) is 15.2. The van der Waals surface area contributed by atoms with Crippen molar-refractivity contribution in [2.45, 2.75) is 32.3 Å². The molecule has 1 aromatic carbocycles. The Kier molecular flexibility index (Phi) is 13.1. The van der Waals surface area contributed by atoms with Crippen molar-refractivity contribution in [3.63, 3.8) is 0 Å². The summed E-state index contributed by atoms with van der Waals surface area (Å²) in [5.74, 6) is -0.660. The Morgan fingerprint density at radius 2 is 1.93 bits per heavy atom. The number of nitrogens with zero attached hydrogens (tertiary/aromatic N) is 2. The number of nitrogens with one attached hydrogen (secondary N) is 1. The van der Waals surface area contributed by atoms with E-state index < -0.39 is 11.6 Å². The summed E-state index contributed by atoms with van der Waals surface area (Å²) >= 11 is 0. The number of rotatable bonds is 10. The van der Waals surface area contributed by atoms with E-state index in [1.165, 1.54) is 6.07 Å². The van der Waals surface area contributed by atoms with Crippen LogP contribution in [-0.4, -0.2) is 70.1 Å². The van der Waals surface area contributed by atoms with Gasteiger partial charge in [-0.1, -0.05) is 0 Å². The molecule has 0 aromatic heterocycles. The third-order valence-corrected chi connectivity index (χ3v) is 4.44. The Morgan fingerprint density at radius 1 is 1.17 bits per heavy atom. The van der Waals surface area contributed by atoms with Crippen molar-refractivity contribution in [2.24, 2.45) is 4.99 Å². The molecule has 0 bridgehead atoms. The summed E-state index contributed by atoms with van der Waals surface area (Å²) in [4.78, 5) is 6.80. The second-order valence-corrected chi connectivity index (χ2v) is 6.56. The first-order valence-corrected chi connectivity index (χ1v) is 9.85. The van der Waals surface area contributed by atoms with Crippen LogP contribution in [-0.2, 0) is 9.47 Å². The first kappa shape index (κ1) is 25.8. The third-order valence-electron chi connectivity index (χ3n) is 4.44. The average molecular weight is 527 g/mol. The molecule has 1 fully saturated rings. The van der Waals surface area contributed by atoms with Crippen LogP contribution < -0.4 is 10.1 Å². The van der Waals surface area contributed by atoms with Crippen molar-refractivity contribution in [1.82, 2.24) is 10.2 Å². The molecule has 2 rings (SSSR count). The molecule has 9 heteroatoms. The lowest BCUT2D eigenvalue weighted by Gasteiger charge is -2.34. The summed E-state index contributed by atoms with van der Waals surface area (Å²) in [6.07, 6.45) is 3.12. The molecule has 1 aliphatic heterocycles. The SMILES string of the molecule is CCNC(=NCCOc1ccc(F)c(F)c1)N1CCC(OCCCOC)CC1.I. The van der Waals surface area contributed by atoms with Gasteiger partial charge in [0.1, 0.15) is 12.4 Å². The fourth-order valence-electron chi connectivity index (χ4n) is 3.00. The molecule has 6 nitrogen and oxygen atoms in total. The highest BCUT2D eigenvalue weighted by molar-refractivity contribution is 14.0. The maximum atomic E-state index is 13.2. The number of hydrogen-bond donors (Lipinski definition) is 1. The summed E-state index contributed by atoms with van der Waals surface area (Å²) in [6.45, 7) is 6.73. The minimum atomic E-state index is -0.915. The van der Waals surface area contributed by atoms with Gasteiger partial charge in [-0.2, -0.15) is 0 Å². The molecule has 1 saturated heterocycles. The van der Waals surface area contributed by atoms with Gasteiger partial charge in [0.15, 0.2) is 17.6 Å². The Hall–Kier alpha value is -1.20. The van der Waals surface area contributed by atoms with Gasteiger partial charge in [0, 0.05) is 46.0 Å². The number of likely N-dealkylation sites (tertiary alicyclic amines) is 1. The van der Waals surface area contributed by atoms with Crippen molar-refractivity contribution in [3.8, 4) is 5.75 Å². The van der Waals surface area contributed by atoms with Crippen LogP contribution in [0, 0.1) is 11.6 Å². The lowest BCUT2D eigenvalue weighted by atomic mass is 10.1. The monoisotopic (exact) mass is 527 g/mol. The number of benzene rings is 1. The van der Waals surface area contributed by atoms with Crippen molar-refractivity contribution >= 4 is 29.9 Å². The molecular weight excluding hydrogens is 495 g/mol. The predicted octanol–water partition coefficient (Wildman–Crippen LogP) is 3.44. The Labute approximate surface area is 189 Å². The van der Waals surface area contributed by atoms with Crippen molar-refractivity contribution in [1.29, 1.82) is 0 Å². The number of halogens is 3. The Balaban J connectivity index is 0.00000420. The van der Waals surface area contributed by atoms with E-state index in [0.717, 1.165) is 70.2 Å². The van der Waals surface area contributed by atoms with Gasteiger partial charge in [0.25, 0.3) is 0 Å². The van der Waals surface area contributed by atoms with Crippen LogP contribution in [0.15, 0.2) is 23.2 Å². The third kappa shape index (κ3) is 9.43. The van der Waals surface area contributed by atoms with Crippen LogP contribution in [0.5, 0.6) is 5.75 Å². The first-order chi connectivity index (χ1) is 13.6. The molecule has 1 N–H and O–H groups in total. The first-order valence-electron chi connectivity index (χ1n) is 9.85. The molecule has 1 aliphatic rings. The number of hydrogen-bond acceptors (Lipinski definition) is 4. The van der Waals surface area contributed by atoms with E-state index in [1.54, 1.807) is 7.11 Å². The average Bonchev–Trinajstić information content (AvgIpc) is 2.71. The van der Waals surface area contributed by atoms with Gasteiger partial charge in [-0.05, 0) is 38.3 Å². The van der Waals surface area contributed by atoms with Crippen LogP contribution in [0.4, 0.5) is 8.78 Å². The second-order valence-electron chi connectivity index (χ2n) is 6.56. The van der Waals surface area contributed by atoms with E-state index in [-0.39, 0.29) is 30.1 Å². The summed E-state index contributed by atoms with van der Waals surface area (Å²) in [5, 5.41) is 3.30. The van der Waals surface area contributed by atoms with Crippen molar-refractivity contribution in [3.05, 3.63) is 29.8 Å². The summed E-state index contributed by atoms with van der Waals surface area (Å²) < 4.78 is 42.5. The zero-order chi connectivity index (χ0) is 20.2. The molecule has 0 atom stereocenters. The van der Waals surface area contributed by atoms with E-state index in [4.69, 9.17) is 14.2 Å². The zero-order valence-electron chi connectivity index (χ0n) is 17.2. The van der Waals surface area contributed by atoms with Gasteiger partial charge in [-0.15, -0.1) is 24.0 Å². The number of piperidine rings is 1. The fraction of sp³-hybridized carbons (Fsp3) is 0.650. The minimum absolute atomic E-state index is 0. The van der Waals surface area contributed by atoms with Crippen molar-refractivity contribution in [2.75, 3.05) is 53.1 Å². The number of methoxy groups -OCH3 is 1. The molecule has 29 heavy (non-hydrogen) atoms. The largest absolute Gasteiger partial charge is 0.492 e. The van der Waals surface area contributed by atoms with Crippen LogP contribution in [0.1, 0.15) is 26.2 Å². The lowest BCUT2D eigenvalue weighted by Crippen LogP contribution is -2.47. The number of aliphatic imine (C=N–C) groups is 1. The van der Waals surface area contributed by atoms with Gasteiger partial charge in [-0.3, -0.25) is 0 Å². The van der Waals surface area contributed by atoms with Crippen LogP contribution in [0.2, 0.25) is 0 Å². The molecule has 166 valence electrons. The van der Waals surface area contributed by atoms with Crippen molar-refractivity contribution < 1.29 is 23.0 Å². The van der Waals surface area contributed by atoms with Crippen LogP contribution in [0.3, 0.4) is 0 Å². The predicted molar refractivity (Wildman–Crippen MR) is 120 cm³/mol. The molecule has 0 amide bonds. The molecule has 0 saturated carbocycles. The highest BCUT2D eigenvalue weighted by Crippen LogP contribution is 2.16. The Bertz CT molecular complexity index is 615. The highest BCUT2D eigenvalue weighted by atomic mass is 127. The van der Waals surface area contributed by atoms with E-state index in [1.807, 2.05) is 6.92 Å². The van der Waals surface area contributed by atoms with E-state index >= 15 is 0 Å². The van der Waals surface area contributed by atoms with Crippen LogP contribution in [0.25, 0.3) is 0 Å². The standard InChI is InChI=1S/C20H31F2N3O3.HI/c1-3-23-20(24-9-14-28-17-5-6-18(21)19(22)15-17)25-10-7-16(8-11-25)27-13-4-12-26-2;/h5-6,15-16H,3-4,7-14H2,1-2H3,(H,23,24);1H. The minimum Gasteiger partial charge on any atom is -0.492 e. The molecule has 0 aliphatic carbocycles. The van der Waals surface area contributed by atoms with Crippen LogP contribution >= 0.6 is 24.0 Å². The smallest absolute Gasteiger partial charge is 0.194 e. The van der Waals surface area contributed by atoms with E-state index in [0.29, 0.717) is 18.9 Å². The van der Waals surface area contributed by atoms with Gasteiger partial charge >= 0.3 is 0 Å². The second kappa shape index (κ2) is 14.7. The quantitative estimate of drug-likeness (QED) is 0.219. The lowest BCUT2D eigenvalue weighted by molar-refractivity contribution is 0.00989. The maximum absolute atomic E-state index is 13.2. The molecule has 1 aromatic rings. The molecule has 0 radical (unpaired) electrons. The highest BCUT2D eigenvalue weighted by Gasteiger charge is 2.21. The molecule has 0 unspecified atom stereocenters. The molecule has 1 heterocycles. The fourth-order valence-corrected chi connectivity index (χ4v) is 3.00. The van der Waals surface area contributed by atoms with E-state index in [9.17, 15) is 8.78 Å².